The molecule has 0 saturated heterocycles. The maximum atomic E-state index is 5.90. The lowest BCUT2D eigenvalue weighted by molar-refractivity contribution is 0.341. The average Bonchev–Trinajstić information content (AvgIpc) is 2.49. The van der Waals surface area contributed by atoms with Gasteiger partial charge in [-0.2, -0.15) is 0 Å². The summed E-state index contributed by atoms with van der Waals surface area (Å²) in [7, 11) is 0. The Morgan fingerprint density at radius 3 is 2.45 bits per heavy atom. The van der Waals surface area contributed by atoms with Crippen molar-refractivity contribution in [1.29, 1.82) is 0 Å². The summed E-state index contributed by atoms with van der Waals surface area (Å²) >= 11 is 0. The minimum absolute atomic E-state index is 0.443. The van der Waals surface area contributed by atoms with Gasteiger partial charge in [0, 0.05) is 16.3 Å². The number of fused-ring (bicyclic) bond motifs is 1. The van der Waals surface area contributed by atoms with Crippen molar-refractivity contribution in [3.8, 4) is 17.0 Å². The number of benzene rings is 2. The van der Waals surface area contributed by atoms with Crippen LogP contribution in [0.4, 0.5) is 5.82 Å². The molecule has 2 N–H and O–H groups in total. The number of nitrogens with zero attached hydrogens (tertiary/aromatic N) is 2. The fourth-order valence-electron chi connectivity index (χ4n) is 2.27. The topological polar surface area (TPSA) is 61.0 Å². The predicted octanol–water partition coefficient (Wildman–Crippen LogP) is 3.28. The fraction of sp³-hybridized carbons (Fsp3) is 0.125. The van der Waals surface area contributed by atoms with E-state index in [4.69, 9.17) is 10.5 Å². The minimum Gasteiger partial charge on any atom is -0.493 e. The van der Waals surface area contributed by atoms with Crippen molar-refractivity contribution >= 4 is 16.6 Å². The third kappa shape index (κ3) is 2.05. The number of nitrogen functional groups attached to an aromatic ring is 1. The maximum absolute atomic E-state index is 5.90. The number of nitrogens with two attached hydrogens (primary N) is 1. The van der Waals surface area contributed by atoms with Crippen LogP contribution in [0.5, 0.6) is 5.75 Å². The van der Waals surface area contributed by atoms with Gasteiger partial charge in [0.15, 0.2) is 5.82 Å². The molecule has 1 aromatic heterocycles. The molecule has 0 saturated carbocycles. The van der Waals surface area contributed by atoms with Crippen LogP contribution in [0.1, 0.15) is 6.92 Å². The highest BCUT2D eigenvalue weighted by Gasteiger charge is 2.12. The molecule has 0 atom stereocenters. The number of ether oxygens (including phenoxy) is 1. The van der Waals surface area contributed by atoms with Crippen molar-refractivity contribution in [2.75, 3.05) is 12.3 Å². The van der Waals surface area contributed by atoms with E-state index in [1.807, 2.05) is 55.5 Å². The third-order valence-corrected chi connectivity index (χ3v) is 3.16. The van der Waals surface area contributed by atoms with E-state index < -0.39 is 0 Å². The van der Waals surface area contributed by atoms with E-state index in [2.05, 4.69) is 10.2 Å². The van der Waals surface area contributed by atoms with Gasteiger partial charge in [-0.15, -0.1) is 10.2 Å². The first kappa shape index (κ1) is 12.4. The molecular formula is C16H15N3O. The molecule has 0 unspecified atom stereocenters. The van der Waals surface area contributed by atoms with Gasteiger partial charge in [-0.25, -0.2) is 0 Å². The first-order chi connectivity index (χ1) is 9.81. The van der Waals surface area contributed by atoms with Gasteiger partial charge in [-0.05, 0) is 19.1 Å². The van der Waals surface area contributed by atoms with Crippen LogP contribution in [0.3, 0.4) is 0 Å². The molecule has 0 fully saturated rings. The average molecular weight is 265 g/mol. The molecule has 4 nitrogen and oxygen atoms in total. The molecule has 1 heterocycles. The van der Waals surface area contributed by atoms with Crippen molar-refractivity contribution < 1.29 is 4.74 Å². The zero-order valence-electron chi connectivity index (χ0n) is 11.2. The minimum atomic E-state index is 0.443. The second kappa shape index (κ2) is 5.17. The molecule has 100 valence electrons. The summed E-state index contributed by atoms with van der Waals surface area (Å²) in [6.07, 6.45) is 0. The predicted molar refractivity (Wildman–Crippen MR) is 80.6 cm³/mol. The molecule has 0 aliphatic heterocycles. The van der Waals surface area contributed by atoms with Gasteiger partial charge in [0.25, 0.3) is 0 Å². The van der Waals surface area contributed by atoms with Gasteiger partial charge < -0.3 is 10.5 Å². The Morgan fingerprint density at radius 2 is 1.65 bits per heavy atom. The molecule has 3 rings (SSSR count). The second-order valence-corrected chi connectivity index (χ2v) is 4.41. The monoisotopic (exact) mass is 265 g/mol. The van der Waals surface area contributed by atoms with Gasteiger partial charge in [-0.1, -0.05) is 36.4 Å². The molecule has 0 spiro atoms. The highest BCUT2D eigenvalue weighted by Crippen LogP contribution is 2.34. The van der Waals surface area contributed by atoms with E-state index in [0.29, 0.717) is 12.4 Å². The molecule has 20 heavy (non-hydrogen) atoms. The summed E-state index contributed by atoms with van der Waals surface area (Å²) in [6, 6.07) is 15.7. The number of para-hydroxylation sites is 1. The van der Waals surface area contributed by atoms with Gasteiger partial charge in [0.2, 0.25) is 0 Å². The Balaban J connectivity index is 2.28. The number of hydrogen-bond acceptors (Lipinski definition) is 4. The Labute approximate surface area is 117 Å². The molecule has 3 aromatic rings. The summed E-state index contributed by atoms with van der Waals surface area (Å²) in [5.74, 6) is 1.25. The molecular weight excluding hydrogens is 250 g/mol. The van der Waals surface area contributed by atoms with Gasteiger partial charge in [-0.3, -0.25) is 0 Å². The molecule has 4 heteroatoms. The van der Waals surface area contributed by atoms with Crippen molar-refractivity contribution in [2.45, 2.75) is 6.92 Å². The van der Waals surface area contributed by atoms with Crippen molar-refractivity contribution in [3.05, 3.63) is 48.5 Å². The number of anilines is 1. The van der Waals surface area contributed by atoms with Crippen LogP contribution in [-0.4, -0.2) is 16.8 Å². The van der Waals surface area contributed by atoms with Crippen molar-refractivity contribution in [2.24, 2.45) is 0 Å². The smallest absolute Gasteiger partial charge is 0.154 e. The number of aromatic nitrogens is 2. The molecule has 0 aliphatic carbocycles. The lowest BCUT2D eigenvalue weighted by Gasteiger charge is -2.11. The maximum Gasteiger partial charge on any atom is 0.154 e. The molecule has 0 aliphatic rings. The normalized spacial score (nSPS) is 10.7. The Hall–Kier alpha value is -2.62. The van der Waals surface area contributed by atoms with Crippen LogP contribution in [0.25, 0.3) is 22.0 Å². The van der Waals surface area contributed by atoms with Crippen LogP contribution in [0.15, 0.2) is 48.5 Å². The summed E-state index contributed by atoms with van der Waals surface area (Å²) in [4.78, 5) is 0. The summed E-state index contributed by atoms with van der Waals surface area (Å²) in [5, 5.41) is 10.2. The zero-order chi connectivity index (χ0) is 13.9. The van der Waals surface area contributed by atoms with E-state index in [1.165, 1.54) is 0 Å². The highest BCUT2D eigenvalue weighted by molar-refractivity contribution is 6.00. The Bertz CT molecular complexity index is 756. The van der Waals surface area contributed by atoms with Gasteiger partial charge >= 0.3 is 0 Å². The third-order valence-electron chi connectivity index (χ3n) is 3.16. The number of rotatable bonds is 3. The van der Waals surface area contributed by atoms with Gasteiger partial charge in [0.1, 0.15) is 11.4 Å². The molecule has 0 bridgehead atoms. The quantitative estimate of drug-likeness (QED) is 0.789. The van der Waals surface area contributed by atoms with Crippen LogP contribution in [-0.2, 0) is 0 Å². The first-order valence-corrected chi connectivity index (χ1v) is 6.54. The van der Waals surface area contributed by atoms with E-state index in [-0.39, 0.29) is 0 Å². The highest BCUT2D eigenvalue weighted by atomic mass is 16.5. The van der Waals surface area contributed by atoms with Crippen molar-refractivity contribution in [1.82, 2.24) is 10.2 Å². The molecule has 2 aromatic carbocycles. The van der Waals surface area contributed by atoms with Crippen molar-refractivity contribution in [3.63, 3.8) is 0 Å². The second-order valence-electron chi connectivity index (χ2n) is 4.41. The van der Waals surface area contributed by atoms with Crippen LogP contribution < -0.4 is 10.5 Å². The van der Waals surface area contributed by atoms with Crippen LogP contribution >= 0.6 is 0 Å². The summed E-state index contributed by atoms with van der Waals surface area (Å²) in [6.45, 7) is 2.57. The van der Waals surface area contributed by atoms with E-state index >= 15 is 0 Å². The number of hydrogen-bond donors (Lipinski definition) is 1. The summed E-state index contributed by atoms with van der Waals surface area (Å²) in [5.41, 5.74) is 7.61. The lowest BCUT2D eigenvalue weighted by Crippen LogP contribution is -1.99. The standard InChI is InChI=1S/C16H15N3O/c1-2-20-14-10-6-5-9-13(14)15-11-7-3-4-8-12(11)16(17)19-18-15/h3-10H,2H2,1H3,(H2,17,19). The van der Waals surface area contributed by atoms with Crippen LogP contribution in [0.2, 0.25) is 0 Å². The first-order valence-electron chi connectivity index (χ1n) is 6.54. The lowest BCUT2D eigenvalue weighted by atomic mass is 10.0. The Kier molecular flexibility index (Phi) is 3.21. The van der Waals surface area contributed by atoms with E-state index in [0.717, 1.165) is 27.8 Å². The molecule has 0 radical (unpaired) electrons. The summed E-state index contributed by atoms with van der Waals surface area (Å²) < 4.78 is 5.67. The van der Waals surface area contributed by atoms with Gasteiger partial charge in [0.05, 0.1) is 6.61 Å². The largest absolute Gasteiger partial charge is 0.493 e. The molecule has 0 amide bonds. The van der Waals surface area contributed by atoms with E-state index in [1.54, 1.807) is 0 Å². The Morgan fingerprint density at radius 1 is 0.950 bits per heavy atom. The van der Waals surface area contributed by atoms with E-state index in [9.17, 15) is 0 Å². The van der Waals surface area contributed by atoms with Crippen LogP contribution in [0, 0.1) is 0 Å². The zero-order valence-corrected chi connectivity index (χ0v) is 11.2. The SMILES string of the molecule is CCOc1ccccc1-c1nnc(N)c2ccccc12. The fourth-order valence-corrected chi connectivity index (χ4v) is 2.27.